The molecule has 1 amide bonds. The summed E-state index contributed by atoms with van der Waals surface area (Å²) >= 11 is 5.81. The Bertz CT molecular complexity index is 670. The predicted molar refractivity (Wildman–Crippen MR) is 82.7 cm³/mol. The molecule has 0 aliphatic rings. The number of amides is 1. The van der Waals surface area contributed by atoms with Gasteiger partial charge in [-0.2, -0.15) is 4.98 Å². The number of hydrogen-bond acceptors (Lipinski definition) is 5. The maximum Gasteiger partial charge on any atom is 0.303 e. The second-order valence-electron chi connectivity index (χ2n) is 4.90. The number of carbonyl (C=O) groups is 2. The normalized spacial score (nSPS) is 10.5. The molecule has 0 saturated heterocycles. The van der Waals surface area contributed by atoms with Crippen molar-refractivity contribution in [2.45, 2.75) is 32.2 Å². The van der Waals surface area contributed by atoms with E-state index in [0.29, 0.717) is 29.6 Å². The summed E-state index contributed by atoms with van der Waals surface area (Å²) in [4.78, 5) is 26.2. The van der Waals surface area contributed by atoms with Gasteiger partial charge in [0.2, 0.25) is 17.6 Å². The summed E-state index contributed by atoms with van der Waals surface area (Å²) in [5.74, 6) is -0.311. The molecule has 8 heteroatoms. The van der Waals surface area contributed by atoms with Gasteiger partial charge in [0.25, 0.3) is 0 Å². The summed E-state index contributed by atoms with van der Waals surface area (Å²) < 4.78 is 5.07. The molecule has 0 aliphatic carbocycles. The van der Waals surface area contributed by atoms with Gasteiger partial charge in [0.15, 0.2) is 0 Å². The van der Waals surface area contributed by atoms with Crippen LogP contribution in [-0.4, -0.2) is 27.1 Å². The lowest BCUT2D eigenvalue weighted by molar-refractivity contribution is -0.137. The number of nitrogens with one attached hydrogen (secondary N) is 1. The van der Waals surface area contributed by atoms with Crippen LogP contribution < -0.4 is 5.32 Å². The Balaban J connectivity index is 1.77. The van der Waals surface area contributed by atoms with Gasteiger partial charge in [0.05, 0.1) is 6.54 Å². The van der Waals surface area contributed by atoms with Crippen molar-refractivity contribution in [3.05, 3.63) is 35.2 Å². The van der Waals surface area contributed by atoms with E-state index in [1.54, 1.807) is 24.3 Å². The van der Waals surface area contributed by atoms with Gasteiger partial charge in [-0.25, -0.2) is 0 Å². The molecule has 2 rings (SSSR count). The van der Waals surface area contributed by atoms with Crippen molar-refractivity contribution in [2.24, 2.45) is 0 Å². The van der Waals surface area contributed by atoms with Crippen LogP contribution in [0.25, 0.3) is 11.4 Å². The quantitative estimate of drug-likeness (QED) is 0.717. The molecule has 122 valence electrons. The maximum absolute atomic E-state index is 11.6. The topological polar surface area (TPSA) is 105 Å². The summed E-state index contributed by atoms with van der Waals surface area (Å²) in [5.41, 5.74) is 0.768. The highest BCUT2D eigenvalue weighted by atomic mass is 35.5. The Morgan fingerprint density at radius 2 is 1.87 bits per heavy atom. The number of aliphatic carboxylic acids is 1. The number of aromatic nitrogens is 2. The molecule has 1 aromatic carbocycles. The Morgan fingerprint density at radius 1 is 1.17 bits per heavy atom. The van der Waals surface area contributed by atoms with Crippen LogP contribution in [0.3, 0.4) is 0 Å². The molecule has 0 bridgehead atoms. The van der Waals surface area contributed by atoms with Crippen LogP contribution in [0.2, 0.25) is 5.02 Å². The number of hydrogen-bond donors (Lipinski definition) is 2. The SMILES string of the molecule is O=C(O)CCCCC(=O)NCc1nc(-c2ccc(Cl)cc2)no1. The summed E-state index contributed by atoms with van der Waals surface area (Å²) in [6.45, 7) is 0.137. The number of benzene rings is 1. The molecule has 0 unspecified atom stereocenters. The zero-order valence-corrected chi connectivity index (χ0v) is 13.0. The van der Waals surface area contributed by atoms with E-state index in [9.17, 15) is 9.59 Å². The Kier molecular flexibility index (Phi) is 6.10. The van der Waals surface area contributed by atoms with E-state index in [-0.39, 0.29) is 25.3 Å². The summed E-state index contributed by atoms with van der Waals surface area (Å²) in [6, 6.07) is 7.01. The third-order valence-electron chi connectivity index (χ3n) is 3.05. The highest BCUT2D eigenvalue weighted by molar-refractivity contribution is 6.30. The average molecular weight is 338 g/mol. The van der Waals surface area contributed by atoms with Crippen LogP contribution in [-0.2, 0) is 16.1 Å². The minimum Gasteiger partial charge on any atom is -0.481 e. The van der Waals surface area contributed by atoms with E-state index in [1.165, 1.54) is 0 Å². The molecular formula is C15H16ClN3O4. The van der Waals surface area contributed by atoms with Crippen molar-refractivity contribution in [3.63, 3.8) is 0 Å². The zero-order chi connectivity index (χ0) is 16.7. The molecule has 1 heterocycles. The van der Waals surface area contributed by atoms with Crippen molar-refractivity contribution in [3.8, 4) is 11.4 Å². The molecule has 7 nitrogen and oxygen atoms in total. The van der Waals surface area contributed by atoms with E-state index in [2.05, 4.69) is 15.5 Å². The van der Waals surface area contributed by atoms with E-state index in [4.69, 9.17) is 21.2 Å². The van der Waals surface area contributed by atoms with Gasteiger partial charge in [-0.05, 0) is 37.1 Å². The molecular weight excluding hydrogens is 322 g/mol. The van der Waals surface area contributed by atoms with E-state index >= 15 is 0 Å². The first-order valence-electron chi connectivity index (χ1n) is 7.11. The molecule has 0 atom stereocenters. The fourth-order valence-corrected chi connectivity index (χ4v) is 1.99. The van der Waals surface area contributed by atoms with E-state index in [1.807, 2.05) is 0 Å². The summed E-state index contributed by atoms with van der Waals surface area (Å²) in [7, 11) is 0. The largest absolute Gasteiger partial charge is 0.481 e. The lowest BCUT2D eigenvalue weighted by Crippen LogP contribution is -2.22. The number of carboxylic acids is 1. The minimum atomic E-state index is -0.856. The fraction of sp³-hybridized carbons (Fsp3) is 0.333. The standard InChI is InChI=1S/C15H16ClN3O4/c16-11-7-5-10(6-8-11)15-18-13(23-19-15)9-17-12(20)3-1-2-4-14(21)22/h5-8H,1-4,9H2,(H,17,20)(H,21,22). The highest BCUT2D eigenvalue weighted by Crippen LogP contribution is 2.18. The maximum atomic E-state index is 11.6. The van der Waals surface area contributed by atoms with Gasteiger partial charge in [0.1, 0.15) is 0 Å². The van der Waals surface area contributed by atoms with Crippen molar-refractivity contribution < 1.29 is 19.2 Å². The number of nitrogens with zero attached hydrogens (tertiary/aromatic N) is 2. The van der Waals surface area contributed by atoms with Crippen LogP contribution in [0, 0.1) is 0 Å². The Labute approximate surface area is 137 Å². The lowest BCUT2D eigenvalue weighted by atomic mass is 10.2. The molecule has 0 saturated carbocycles. The molecule has 0 aliphatic heterocycles. The van der Waals surface area contributed by atoms with Gasteiger partial charge >= 0.3 is 5.97 Å². The van der Waals surface area contributed by atoms with Crippen LogP contribution in [0.1, 0.15) is 31.6 Å². The average Bonchev–Trinajstić information content (AvgIpc) is 2.99. The number of carboxylic acid groups (broad SMARTS) is 1. The third kappa shape index (κ3) is 5.71. The molecule has 23 heavy (non-hydrogen) atoms. The van der Waals surface area contributed by atoms with Gasteiger partial charge in [-0.15, -0.1) is 0 Å². The van der Waals surface area contributed by atoms with Crippen LogP contribution in [0.15, 0.2) is 28.8 Å². The molecule has 2 N–H and O–H groups in total. The van der Waals surface area contributed by atoms with Crippen molar-refractivity contribution in [1.82, 2.24) is 15.5 Å². The smallest absolute Gasteiger partial charge is 0.303 e. The first-order valence-corrected chi connectivity index (χ1v) is 7.49. The first-order chi connectivity index (χ1) is 11.0. The van der Waals surface area contributed by atoms with Gasteiger partial charge in [0, 0.05) is 23.4 Å². The third-order valence-corrected chi connectivity index (χ3v) is 3.30. The van der Waals surface area contributed by atoms with Crippen LogP contribution >= 0.6 is 11.6 Å². The Hall–Kier alpha value is -2.41. The second-order valence-corrected chi connectivity index (χ2v) is 5.33. The Morgan fingerprint density at radius 3 is 2.57 bits per heavy atom. The van der Waals surface area contributed by atoms with E-state index in [0.717, 1.165) is 5.56 Å². The lowest BCUT2D eigenvalue weighted by Gasteiger charge is -2.01. The number of halogens is 1. The first kappa shape index (κ1) is 17.0. The van der Waals surface area contributed by atoms with Gasteiger partial charge in [-0.3, -0.25) is 9.59 Å². The molecule has 1 aromatic heterocycles. The molecule has 0 radical (unpaired) electrons. The molecule has 2 aromatic rings. The van der Waals surface area contributed by atoms with Crippen LogP contribution in [0.4, 0.5) is 0 Å². The second kappa shape index (κ2) is 8.28. The molecule has 0 spiro atoms. The number of unbranched alkanes of at least 4 members (excludes halogenated alkanes) is 1. The summed E-state index contributed by atoms with van der Waals surface area (Å²) in [5, 5.41) is 15.6. The zero-order valence-electron chi connectivity index (χ0n) is 12.3. The van der Waals surface area contributed by atoms with Crippen molar-refractivity contribution in [2.75, 3.05) is 0 Å². The van der Waals surface area contributed by atoms with Crippen LogP contribution in [0.5, 0.6) is 0 Å². The highest BCUT2D eigenvalue weighted by Gasteiger charge is 2.10. The monoisotopic (exact) mass is 337 g/mol. The number of rotatable bonds is 8. The minimum absolute atomic E-state index is 0.0708. The van der Waals surface area contributed by atoms with E-state index < -0.39 is 5.97 Å². The van der Waals surface area contributed by atoms with Crippen molar-refractivity contribution >= 4 is 23.5 Å². The fourth-order valence-electron chi connectivity index (χ4n) is 1.87. The van der Waals surface area contributed by atoms with Gasteiger partial charge < -0.3 is 14.9 Å². The molecule has 0 fully saturated rings. The number of carbonyl (C=O) groups excluding carboxylic acids is 1. The predicted octanol–water partition coefficient (Wildman–Crippen LogP) is 2.65. The van der Waals surface area contributed by atoms with Crippen molar-refractivity contribution in [1.29, 1.82) is 0 Å². The van der Waals surface area contributed by atoms with Gasteiger partial charge in [-0.1, -0.05) is 16.8 Å². The summed E-state index contributed by atoms with van der Waals surface area (Å²) in [6.07, 6.45) is 1.34.